The van der Waals surface area contributed by atoms with Crippen LogP contribution in [0.2, 0.25) is 0 Å². The molecular weight excluding hydrogens is 366 g/mol. The van der Waals surface area contributed by atoms with Crippen LogP contribution < -0.4 is 0 Å². The first-order valence-corrected chi connectivity index (χ1v) is 10.3. The van der Waals surface area contributed by atoms with Crippen molar-refractivity contribution in [2.24, 2.45) is 0 Å². The Morgan fingerprint density at radius 3 is 2.83 bits per heavy atom. The molecule has 1 amide bonds. The van der Waals surface area contributed by atoms with Gasteiger partial charge in [-0.2, -0.15) is 0 Å². The van der Waals surface area contributed by atoms with Crippen molar-refractivity contribution < 1.29 is 9.90 Å². The smallest absolute Gasteiger partial charge is 0.242 e. The molecular formula is C22H29N5O2. The number of hydrogen-bond donors (Lipinski definition) is 1. The van der Waals surface area contributed by atoms with Crippen LogP contribution in [0.1, 0.15) is 50.9 Å². The Bertz CT molecular complexity index is 978. The zero-order valence-corrected chi connectivity index (χ0v) is 17.3. The summed E-state index contributed by atoms with van der Waals surface area (Å²) in [4.78, 5) is 23.8. The molecule has 1 fully saturated rings. The highest BCUT2D eigenvalue weighted by molar-refractivity contribution is 5.81. The van der Waals surface area contributed by atoms with Crippen molar-refractivity contribution in [3.63, 3.8) is 0 Å². The highest BCUT2D eigenvalue weighted by Crippen LogP contribution is 2.31. The molecule has 2 aromatic heterocycles. The van der Waals surface area contributed by atoms with Crippen LogP contribution in [0.5, 0.6) is 0 Å². The lowest BCUT2D eigenvalue weighted by atomic mass is 9.87. The molecule has 7 heteroatoms. The molecule has 0 bridgehead atoms. The zero-order valence-electron chi connectivity index (χ0n) is 17.3. The Balaban J connectivity index is 1.56. The molecule has 2 heterocycles. The van der Waals surface area contributed by atoms with Crippen LogP contribution in [-0.2, 0) is 11.3 Å². The Kier molecular flexibility index (Phi) is 5.41. The highest BCUT2D eigenvalue weighted by Gasteiger charge is 2.37. The number of carbonyl (C=O) groups excluding carboxylic acids is 1. The van der Waals surface area contributed by atoms with Gasteiger partial charge in [-0.1, -0.05) is 26.0 Å². The molecule has 0 spiro atoms. The van der Waals surface area contributed by atoms with E-state index in [2.05, 4.69) is 18.8 Å². The molecule has 0 radical (unpaired) electrons. The maximum absolute atomic E-state index is 13.2. The molecule has 1 N–H and O–H groups in total. The van der Waals surface area contributed by atoms with Gasteiger partial charge in [0.15, 0.2) is 0 Å². The largest absolute Gasteiger partial charge is 0.389 e. The minimum atomic E-state index is -0.615. The fraction of sp³-hybridized carbons (Fsp3) is 0.500. The molecule has 1 aromatic carbocycles. The van der Waals surface area contributed by atoms with E-state index in [1.807, 2.05) is 39.6 Å². The molecule has 0 unspecified atom stereocenters. The lowest BCUT2D eigenvalue weighted by molar-refractivity contribution is -0.137. The van der Waals surface area contributed by atoms with Gasteiger partial charge in [-0.15, -0.1) is 0 Å². The standard InChI is InChI=1S/C22H29N5O2/c1-15(2)22-24-16-7-4-5-8-17(16)27(22)13-20(28)25(3)18-9-6-10-19(21(18)29)26-12-11-23-14-26/h4-5,7-8,11-12,14-15,18-19,21,29H,6,9-10,13H2,1-3H3/t18-,19-,21-/m1/s1. The van der Waals surface area contributed by atoms with Crippen LogP contribution in [-0.4, -0.2) is 54.2 Å². The van der Waals surface area contributed by atoms with E-state index < -0.39 is 6.10 Å². The predicted octanol–water partition coefficient (Wildman–Crippen LogP) is 2.97. The lowest BCUT2D eigenvalue weighted by Crippen LogP contribution is -2.50. The van der Waals surface area contributed by atoms with Gasteiger partial charge < -0.3 is 19.1 Å². The minimum Gasteiger partial charge on any atom is -0.389 e. The molecule has 154 valence electrons. The summed E-state index contributed by atoms with van der Waals surface area (Å²) in [5.41, 5.74) is 1.88. The summed E-state index contributed by atoms with van der Waals surface area (Å²) in [6.07, 6.45) is 7.39. The number of nitrogens with zero attached hydrogens (tertiary/aromatic N) is 5. The van der Waals surface area contributed by atoms with Crippen LogP contribution in [0, 0.1) is 0 Å². The number of aliphatic hydroxyl groups excluding tert-OH is 1. The number of aromatic nitrogens is 4. The van der Waals surface area contributed by atoms with Crippen LogP contribution in [0.25, 0.3) is 11.0 Å². The fourth-order valence-electron chi connectivity index (χ4n) is 4.48. The lowest BCUT2D eigenvalue weighted by Gasteiger charge is -2.40. The van der Waals surface area contributed by atoms with Crippen molar-refractivity contribution in [3.8, 4) is 0 Å². The summed E-state index contributed by atoms with van der Waals surface area (Å²) in [6, 6.07) is 7.66. The zero-order chi connectivity index (χ0) is 20.5. The summed E-state index contributed by atoms with van der Waals surface area (Å²) in [5, 5.41) is 11.0. The summed E-state index contributed by atoms with van der Waals surface area (Å²) in [6.45, 7) is 4.41. The number of para-hydroxylation sites is 2. The molecule has 7 nitrogen and oxygen atoms in total. The van der Waals surface area contributed by atoms with Crippen molar-refractivity contribution in [2.75, 3.05) is 7.05 Å². The molecule has 1 aliphatic carbocycles. The second kappa shape index (κ2) is 7.99. The van der Waals surface area contributed by atoms with E-state index in [0.717, 1.165) is 36.1 Å². The van der Waals surface area contributed by atoms with Gasteiger partial charge in [0.05, 0.1) is 35.5 Å². The third kappa shape index (κ3) is 3.67. The van der Waals surface area contributed by atoms with E-state index in [1.165, 1.54) is 0 Å². The molecule has 29 heavy (non-hydrogen) atoms. The first-order chi connectivity index (χ1) is 14.0. The third-order valence-corrected chi connectivity index (χ3v) is 6.08. The first-order valence-electron chi connectivity index (χ1n) is 10.3. The Hall–Kier alpha value is -2.67. The minimum absolute atomic E-state index is 0.00890. The number of likely N-dealkylation sites (N-methyl/N-ethyl adjacent to an activating group) is 1. The van der Waals surface area contributed by atoms with Crippen LogP contribution >= 0.6 is 0 Å². The monoisotopic (exact) mass is 395 g/mol. The second-order valence-electron chi connectivity index (χ2n) is 8.27. The maximum atomic E-state index is 13.2. The summed E-state index contributed by atoms with van der Waals surface area (Å²) < 4.78 is 3.97. The first kappa shape index (κ1) is 19.6. The van der Waals surface area contributed by atoms with Crippen LogP contribution in [0.3, 0.4) is 0 Å². The van der Waals surface area contributed by atoms with Gasteiger partial charge in [0.1, 0.15) is 12.4 Å². The van der Waals surface area contributed by atoms with Crippen molar-refractivity contribution in [1.29, 1.82) is 0 Å². The normalized spacial score (nSPS) is 22.3. The van der Waals surface area contributed by atoms with Crippen LogP contribution in [0.4, 0.5) is 0 Å². The summed E-state index contributed by atoms with van der Waals surface area (Å²) in [5.74, 6) is 1.12. The topological polar surface area (TPSA) is 76.2 Å². The number of amides is 1. The third-order valence-electron chi connectivity index (χ3n) is 6.08. The Labute approximate surface area is 171 Å². The van der Waals surface area contributed by atoms with E-state index in [-0.39, 0.29) is 30.5 Å². The van der Waals surface area contributed by atoms with E-state index in [0.29, 0.717) is 0 Å². The van der Waals surface area contributed by atoms with Gasteiger partial charge in [0.2, 0.25) is 5.91 Å². The summed E-state index contributed by atoms with van der Waals surface area (Å²) >= 11 is 0. The number of benzene rings is 1. The Morgan fingerprint density at radius 1 is 1.31 bits per heavy atom. The van der Waals surface area contributed by atoms with E-state index in [1.54, 1.807) is 24.5 Å². The Morgan fingerprint density at radius 2 is 2.10 bits per heavy atom. The summed E-state index contributed by atoms with van der Waals surface area (Å²) in [7, 11) is 1.81. The maximum Gasteiger partial charge on any atom is 0.242 e. The van der Waals surface area contributed by atoms with Gasteiger partial charge >= 0.3 is 0 Å². The van der Waals surface area contributed by atoms with Crippen molar-refractivity contribution in [3.05, 3.63) is 48.8 Å². The molecule has 0 aliphatic heterocycles. The van der Waals surface area contributed by atoms with Crippen molar-refractivity contribution in [2.45, 2.75) is 63.8 Å². The molecule has 3 aromatic rings. The molecule has 3 atom stereocenters. The second-order valence-corrected chi connectivity index (χ2v) is 8.27. The number of hydrogen-bond acceptors (Lipinski definition) is 4. The number of fused-ring (bicyclic) bond motifs is 1. The average Bonchev–Trinajstić information content (AvgIpc) is 3.36. The van der Waals surface area contributed by atoms with Gasteiger partial charge in [-0.3, -0.25) is 4.79 Å². The number of imidazole rings is 2. The van der Waals surface area contributed by atoms with E-state index in [9.17, 15) is 9.90 Å². The molecule has 1 aliphatic rings. The van der Waals surface area contributed by atoms with E-state index in [4.69, 9.17) is 4.98 Å². The number of rotatable bonds is 5. The average molecular weight is 396 g/mol. The van der Waals surface area contributed by atoms with Gasteiger partial charge in [-0.25, -0.2) is 9.97 Å². The van der Waals surface area contributed by atoms with Crippen molar-refractivity contribution >= 4 is 16.9 Å². The predicted molar refractivity (Wildman–Crippen MR) is 112 cm³/mol. The highest BCUT2D eigenvalue weighted by atomic mass is 16.3. The number of carbonyl (C=O) groups is 1. The SMILES string of the molecule is CC(C)c1nc2ccccc2n1CC(=O)N(C)[C@@H]1CCC[C@@H](n2ccnc2)[C@@H]1O. The number of aliphatic hydroxyl groups is 1. The van der Waals surface area contributed by atoms with Gasteiger partial charge in [-0.05, 0) is 31.4 Å². The molecule has 0 saturated heterocycles. The van der Waals surface area contributed by atoms with Crippen molar-refractivity contribution in [1.82, 2.24) is 24.0 Å². The van der Waals surface area contributed by atoms with Crippen LogP contribution in [0.15, 0.2) is 43.0 Å². The van der Waals surface area contributed by atoms with E-state index >= 15 is 0 Å². The van der Waals surface area contributed by atoms with Gasteiger partial charge in [0.25, 0.3) is 0 Å². The quantitative estimate of drug-likeness (QED) is 0.721. The molecule has 4 rings (SSSR count). The van der Waals surface area contributed by atoms with Gasteiger partial charge in [0, 0.05) is 25.4 Å². The fourth-order valence-corrected chi connectivity index (χ4v) is 4.48. The molecule has 1 saturated carbocycles.